The molecule has 0 spiro atoms. The molecule has 1 saturated heterocycles. The second-order valence-corrected chi connectivity index (χ2v) is 12.6. The largest absolute Gasteiger partial charge is 0.489 e. The molecule has 1 aliphatic carbocycles. The number of ether oxygens (including phenoxy) is 1. The molecule has 2 heterocycles. The molecule has 1 N–H and O–H groups in total. The van der Waals surface area contributed by atoms with Gasteiger partial charge in [-0.2, -0.15) is 0 Å². The lowest BCUT2D eigenvalue weighted by Gasteiger charge is -2.25. The lowest BCUT2D eigenvalue weighted by atomic mass is 9.94. The number of anilines is 1. The van der Waals surface area contributed by atoms with Crippen LogP contribution in [0, 0.1) is 11.6 Å². The van der Waals surface area contributed by atoms with Gasteiger partial charge in [-0.1, -0.05) is 43.0 Å². The summed E-state index contributed by atoms with van der Waals surface area (Å²) in [7, 11) is 0. The number of nitrogens with zero attached hydrogens (tertiary/aromatic N) is 3. The highest BCUT2D eigenvalue weighted by atomic mass is 35.5. The molecule has 240 valence electrons. The van der Waals surface area contributed by atoms with Gasteiger partial charge in [0.2, 0.25) is 5.91 Å². The normalized spacial score (nSPS) is 15.5. The first kappa shape index (κ1) is 30.9. The zero-order valence-electron chi connectivity index (χ0n) is 25.5. The van der Waals surface area contributed by atoms with Gasteiger partial charge in [0.15, 0.2) is 0 Å². The van der Waals surface area contributed by atoms with Gasteiger partial charge in [0, 0.05) is 30.1 Å². The number of fused-ring (bicyclic) bond motifs is 1. The quantitative estimate of drug-likeness (QED) is 0.180. The van der Waals surface area contributed by atoms with E-state index in [1.807, 2.05) is 0 Å². The second-order valence-electron chi connectivity index (χ2n) is 12.2. The smallest absolute Gasteiger partial charge is 0.335 e. The first-order valence-corrected chi connectivity index (χ1v) is 16.2. The molecule has 0 atom stereocenters. The standard InChI is InChI=1S/C37H32ClF2N3O4/c38-25-11-8-22(9-12-25)29-20-31(40)34(42-16-4-7-35(42)44)18-24(29)21-47-27-13-14-28(30(39)19-27)36-41-32-17-23(37(45)46)10-15-33(32)43(36)26-5-2-1-3-6-26/h8-15,17-20,26H,1-7,16,21H2,(H,45,46). The van der Waals surface area contributed by atoms with Gasteiger partial charge in [0.05, 0.1) is 27.8 Å². The van der Waals surface area contributed by atoms with Crippen molar-refractivity contribution in [3.05, 3.63) is 101 Å². The Hall–Kier alpha value is -4.76. The van der Waals surface area contributed by atoms with Gasteiger partial charge in [-0.25, -0.2) is 18.6 Å². The van der Waals surface area contributed by atoms with E-state index in [-0.39, 0.29) is 41.1 Å². The first-order valence-electron chi connectivity index (χ1n) is 15.8. The number of hydrogen-bond acceptors (Lipinski definition) is 4. The molecular formula is C37H32ClF2N3O4. The zero-order valence-corrected chi connectivity index (χ0v) is 26.3. The number of carboxylic acid groups (broad SMARTS) is 1. The SMILES string of the molecule is O=C(O)c1ccc2c(c1)nc(-c1ccc(OCc3cc(N4CCCC4=O)c(F)cc3-c3ccc(Cl)cc3)cc1F)n2C1CCCCC1. The fourth-order valence-corrected chi connectivity index (χ4v) is 6.92. The third-order valence-corrected chi connectivity index (χ3v) is 9.40. The summed E-state index contributed by atoms with van der Waals surface area (Å²) >= 11 is 6.10. The van der Waals surface area contributed by atoms with Crippen molar-refractivity contribution < 1.29 is 28.2 Å². The van der Waals surface area contributed by atoms with E-state index in [0.29, 0.717) is 46.9 Å². The summed E-state index contributed by atoms with van der Waals surface area (Å²) in [6, 6.07) is 19.6. The molecule has 1 aromatic heterocycles. The molecule has 47 heavy (non-hydrogen) atoms. The molecule has 0 radical (unpaired) electrons. The molecule has 4 aromatic carbocycles. The molecule has 1 amide bonds. The van der Waals surface area contributed by atoms with E-state index in [1.54, 1.807) is 54.6 Å². The molecule has 2 fully saturated rings. The number of benzene rings is 4. The van der Waals surface area contributed by atoms with Crippen molar-refractivity contribution in [1.29, 1.82) is 0 Å². The van der Waals surface area contributed by atoms with Crippen LogP contribution in [0.1, 0.15) is 66.9 Å². The van der Waals surface area contributed by atoms with Crippen molar-refractivity contribution in [2.75, 3.05) is 11.4 Å². The van der Waals surface area contributed by atoms with Gasteiger partial charge in [-0.15, -0.1) is 0 Å². The van der Waals surface area contributed by atoms with Crippen LogP contribution < -0.4 is 9.64 Å². The fraction of sp³-hybridized carbons (Fsp3) is 0.270. The van der Waals surface area contributed by atoms with Gasteiger partial charge in [0.25, 0.3) is 0 Å². The second kappa shape index (κ2) is 12.8. The highest BCUT2D eigenvalue weighted by Crippen LogP contribution is 2.38. The lowest BCUT2D eigenvalue weighted by molar-refractivity contribution is -0.117. The van der Waals surface area contributed by atoms with Crippen molar-refractivity contribution >= 4 is 40.2 Å². The molecule has 2 aliphatic rings. The van der Waals surface area contributed by atoms with Crippen molar-refractivity contribution in [3.8, 4) is 28.3 Å². The van der Waals surface area contributed by atoms with E-state index < -0.39 is 17.6 Å². The summed E-state index contributed by atoms with van der Waals surface area (Å²) in [5, 5.41) is 10.1. The van der Waals surface area contributed by atoms with Gasteiger partial charge in [-0.3, -0.25) is 4.79 Å². The lowest BCUT2D eigenvalue weighted by Crippen LogP contribution is -2.25. The Morgan fingerprint density at radius 2 is 1.70 bits per heavy atom. The number of carboxylic acids is 1. The summed E-state index contributed by atoms with van der Waals surface area (Å²) < 4.78 is 39.5. The van der Waals surface area contributed by atoms with Crippen LogP contribution in [-0.4, -0.2) is 33.1 Å². The summed E-state index contributed by atoms with van der Waals surface area (Å²) in [4.78, 5) is 30.3. The molecule has 7 nitrogen and oxygen atoms in total. The van der Waals surface area contributed by atoms with E-state index >= 15 is 8.78 Å². The molecule has 1 aliphatic heterocycles. The molecule has 5 aromatic rings. The third-order valence-electron chi connectivity index (χ3n) is 9.14. The van der Waals surface area contributed by atoms with Crippen LogP contribution in [0.3, 0.4) is 0 Å². The minimum Gasteiger partial charge on any atom is -0.489 e. The Morgan fingerprint density at radius 3 is 2.40 bits per heavy atom. The Kier molecular flexibility index (Phi) is 8.40. The van der Waals surface area contributed by atoms with Crippen molar-refractivity contribution in [2.24, 2.45) is 0 Å². The molecule has 10 heteroatoms. The highest BCUT2D eigenvalue weighted by molar-refractivity contribution is 6.30. The van der Waals surface area contributed by atoms with Crippen LogP contribution in [0.4, 0.5) is 14.5 Å². The Bertz CT molecular complexity index is 2000. The van der Waals surface area contributed by atoms with Crippen LogP contribution in [0.2, 0.25) is 5.02 Å². The maximum Gasteiger partial charge on any atom is 0.335 e. The van der Waals surface area contributed by atoms with Crippen LogP contribution >= 0.6 is 11.6 Å². The maximum absolute atomic E-state index is 16.0. The Morgan fingerprint density at radius 1 is 0.915 bits per heavy atom. The average molecular weight is 656 g/mol. The van der Waals surface area contributed by atoms with Crippen LogP contribution in [0.15, 0.2) is 72.8 Å². The third kappa shape index (κ3) is 6.07. The molecule has 0 bridgehead atoms. The number of carbonyl (C=O) groups is 2. The average Bonchev–Trinajstić information content (AvgIpc) is 3.67. The van der Waals surface area contributed by atoms with Gasteiger partial charge >= 0.3 is 5.97 Å². The van der Waals surface area contributed by atoms with E-state index in [0.717, 1.165) is 43.2 Å². The summed E-state index contributed by atoms with van der Waals surface area (Å²) in [5.74, 6) is -1.51. The zero-order chi connectivity index (χ0) is 32.7. The maximum atomic E-state index is 16.0. The summed E-state index contributed by atoms with van der Waals surface area (Å²) in [6.45, 7) is 0.427. The van der Waals surface area contributed by atoms with Crippen LogP contribution in [0.5, 0.6) is 5.75 Å². The van der Waals surface area contributed by atoms with E-state index in [2.05, 4.69) is 4.57 Å². The summed E-state index contributed by atoms with van der Waals surface area (Å²) in [6.07, 6.45) is 6.14. The topological polar surface area (TPSA) is 84.7 Å². The molecule has 7 rings (SSSR count). The predicted molar refractivity (Wildman–Crippen MR) is 177 cm³/mol. The number of carbonyl (C=O) groups excluding carboxylic acids is 1. The highest BCUT2D eigenvalue weighted by Gasteiger charge is 2.27. The van der Waals surface area contributed by atoms with Crippen molar-refractivity contribution in [1.82, 2.24) is 9.55 Å². The number of halogens is 3. The number of imidazole rings is 1. The number of rotatable bonds is 8. The van der Waals surface area contributed by atoms with Gasteiger partial charge in [0.1, 0.15) is 29.8 Å². The van der Waals surface area contributed by atoms with E-state index in [9.17, 15) is 14.7 Å². The Labute approximate surface area is 275 Å². The van der Waals surface area contributed by atoms with Crippen molar-refractivity contribution in [2.45, 2.75) is 57.6 Å². The number of hydrogen-bond donors (Lipinski definition) is 1. The van der Waals surface area contributed by atoms with Crippen LogP contribution in [0.25, 0.3) is 33.5 Å². The summed E-state index contributed by atoms with van der Waals surface area (Å²) in [5.41, 5.74) is 3.80. The van der Waals surface area contributed by atoms with Crippen LogP contribution in [-0.2, 0) is 11.4 Å². The predicted octanol–water partition coefficient (Wildman–Crippen LogP) is 9.21. The molecule has 1 saturated carbocycles. The van der Waals surface area contributed by atoms with Gasteiger partial charge < -0.3 is 19.3 Å². The van der Waals surface area contributed by atoms with Crippen molar-refractivity contribution in [3.63, 3.8) is 0 Å². The van der Waals surface area contributed by atoms with E-state index in [1.165, 1.54) is 23.1 Å². The minimum absolute atomic E-state index is 0.00932. The van der Waals surface area contributed by atoms with E-state index in [4.69, 9.17) is 21.3 Å². The number of amides is 1. The fourth-order valence-electron chi connectivity index (χ4n) is 6.79. The minimum atomic E-state index is -1.05. The first-order chi connectivity index (χ1) is 22.8. The molecular weight excluding hydrogens is 624 g/mol. The molecule has 0 unspecified atom stereocenters. The monoisotopic (exact) mass is 655 g/mol. The van der Waals surface area contributed by atoms with Gasteiger partial charge in [-0.05, 0) is 90.6 Å². The number of aromatic nitrogens is 2. The number of aromatic carboxylic acids is 1. The Balaban J connectivity index is 1.22.